The molecule has 0 aliphatic carbocycles. The van der Waals surface area contributed by atoms with Crippen LogP contribution < -0.4 is 5.73 Å². The van der Waals surface area contributed by atoms with Gasteiger partial charge in [0.1, 0.15) is 0 Å². The van der Waals surface area contributed by atoms with Gasteiger partial charge in [0.25, 0.3) is 0 Å². The van der Waals surface area contributed by atoms with E-state index in [2.05, 4.69) is 42.2 Å². The molecule has 0 spiro atoms. The maximum absolute atomic E-state index is 5.95. The van der Waals surface area contributed by atoms with E-state index < -0.39 is 0 Å². The fourth-order valence-electron chi connectivity index (χ4n) is 1.93. The molecule has 1 unspecified atom stereocenters. The number of rotatable bonds is 5. The van der Waals surface area contributed by atoms with Gasteiger partial charge in [-0.1, -0.05) is 48.3 Å². The van der Waals surface area contributed by atoms with Gasteiger partial charge in [-0.2, -0.15) is 4.98 Å². The molecular weight excluding hydrogens is 226 g/mol. The summed E-state index contributed by atoms with van der Waals surface area (Å²) in [6.07, 6.45) is 2.56. The molecule has 0 saturated carbocycles. The zero-order valence-corrected chi connectivity index (χ0v) is 10.9. The Bertz CT molecular complexity index is 507. The highest BCUT2D eigenvalue weighted by atomic mass is 16.5. The maximum Gasteiger partial charge on any atom is 0.231 e. The molecule has 96 valence electrons. The average Bonchev–Trinajstić information content (AvgIpc) is 2.78. The molecule has 1 heterocycles. The highest BCUT2D eigenvalue weighted by molar-refractivity contribution is 5.24. The molecule has 1 atom stereocenters. The first-order chi connectivity index (χ1) is 8.69. The minimum Gasteiger partial charge on any atom is -0.339 e. The number of nitrogens with two attached hydrogens (primary N) is 1. The summed E-state index contributed by atoms with van der Waals surface area (Å²) < 4.78 is 5.23. The van der Waals surface area contributed by atoms with Gasteiger partial charge in [0, 0.05) is 0 Å². The summed E-state index contributed by atoms with van der Waals surface area (Å²) in [5.41, 5.74) is 8.36. The van der Waals surface area contributed by atoms with Crippen molar-refractivity contribution in [2.75, 3.05) is 0 Å². The maximum atomic E-state index is 5.95. The highest BCUT2D eigenvalue weighted by Crippen LogP contribution is 2.14. The molecule has 0 radical (unpaired) electrons. The van der Waals surface area contributed by atoms with E-state index in [1.807, 2.05) is 6.07 Å². The van der Waals surface area contributed by atoms with Crippen molar-refractivity contribution in [3.05, 3.63) is 47.1 Å². The first-order valence-corrected chi connectivity index (χ1v) is 6.32. The lowest BCUT2D eigenvalue weighted by Crippen LogP contribution is -2.11. The molecule has 0 aliphatic heterocycles. The molecule has 4 nitrogen and oxygen atoms in total. The van der Waals surface area contributed by atoms with E-state index in [0.717, 1.165) is 12.8 Å². The van der Waals surface area contributed by atoms with E-state index >= 15 is 0 Å². The molecule has 0 amide bonds. The summed E-state index contributed by atoms with van der Waals surface area (Å²) in [5.74, 6) is 1.24. The van der Waals surface area contributed by atoms with E-state index in [9.17, 15) is 0 Å². The normalized spacial score (nSPS) is 12.6. The fraction of sp³-hybridized carbons (Fsp3) is 0.429. The van der Waals surface area contributed by atoms with Crippen LogP contribution in [-0.4, -0.2) is 10.1 Å². The lowest BCUT2D eigenvalue weighted by atomic mass is 10.1. The van der Waals surface area contributed by atoms with Crippen LogP contribution >= 0.6 is 0 Å². The summed E-state index contributed by atoms with van der Waals surface area (Å²) in [6.45, 7) is 4.16. The molecule has 18 heavy (non-hydrogen) atoms. The van der Waals surface area contributed by atoms with Gasteiger partial charge in [-0.25, -0.2) is 0 Å². The van der Waals surface area contributed by atoms with Crippen LogP contribution in [0.1, 0.15) is 48.6 Å². The molecular formula is C14H19N3O. The van der Waals surface area contributed by atoms with Gasteiger partial charge in [-0.3, -0.25) is 0 Å². The molecule has 0 saturated heterocycles. The predicted octanol–water partition coefficient (Wildman–Crippen LogP) is 2.77. The summed E-state index contributed by atoms with van der Waals surface area (Å²) in [4.78, 5) is 4.35. The molecule has 2 aromatic rings. The zero-order chi connectivity index (χ0) is 13.0. The third-order valence-corrected chi connectivity index (χ3v) is 2.85. The van der Waals surface area contributed by atoms with Gasteiger partial charge in [0.05, 0.1) is 12.5 Å². The zero-order valence-electron chi connectivity index (χ0n) is 10.9. The van der Waals surface area contributed by atoms with Crippen molar-refractivity contribution in [2.45, 2.75) is 39.2 Å². The molecule has 1 aromatic carbocycles. The Morgan fingerprint density at radius 2 is 2.22 bits per heavy atom. The van der Waals surface area contributed by atoms with Crippen LogP contribution in [0.2, 0.25) is 0 Å². The number of benzene rings is 1. The summed E-state index contributed by atoms with van der Waals surface area (Å²) >= 11 is 0. The first kappa shape index (κ1) is 12.8. The van der Waals surface area contributed by atoms with Crippen LogP contribution in [-0.2, 0) is 6.42 Å². The molecule has 2 N–H and O–H groups in total. The number of nitrogens with zero attached hydrogens (tertiary/aromatic N) is 2. The number of hydrogen-bond acceptors (Lipinski definition) is 4. The number of hydrogen-bond donors (Lipinski definition) is 1. The lowest BCUT2D eigenvalue weighted by Gasteiger charge is -2.02. The largest absolute Gasteiger partial charge is 0.339 e. The monoisotopic (exact) mass is 245 g/mol. The van der Waals surface area contributed by atoms with Crippen molar-refractivity contribution >= 4 is 0 Å². The van der Waals surface area contributed by atoms with Crippen molar-refractivity contribution in [3.8, 4) is 0 Å². The van der Waals surface area contributed by atoms with Crippen molar-refractivity contribution in [2.24, 2.45) is 5.73 Å². The van der Waals surface area contributed by atoms with Crippen molar-refractivity contribution in [1.82, 2.24) is 10.1 Å². The quantitative estimate of drug-likeness (QED) is 0.879. The molecule has 0 bridgehead atoms. The molecule has 1 aromatic heterocycles. The molecule has 0 aliphatic rings. The lowest BCUT2D eigenvalue weighted by molar-refractivity contribution is 0.374. The van der Waals surface area contributed by atoms with E-state index in [0.29, 0.717) is 18.1 Å². The van der Waals surface area contributed by atoms with Crippen molar-refractivity contribution in [3.63, 3.8) is 0 Å². The summed E-state index contributed by atoms with van der Waals surface area (Å²) in [5, 5.41) is 3.94. The van der Waals surface area contributed by atoms with Crippen molar-refractivity contribution in [1.29, 1.82) is 0 Å². The van der Waals surface area contributed by atoms with Crippen LogP contribution in [0.15, 0.2) is 28.8 Å². The fourth-order valence-corrected chi connectivity index (χ4v) is 1.93. The topological polar surface area (TPSA) is 64.9 Å². The Kier molecular flexibility index (Phi) is 4.10. The molecule has 4 heteroatoms. The van der Waals surface area contributed by atoms with Crippen LogP contribution in [0.5, 0.6) is 0 Å². The smallest absolute Gasteiger partial charge is 0.231 e. The molecule has 0 fully saturated rings. The highest BCUT2D eigenvalue weighted by Gasteiger charge is 2.13. The third-order valence-electron chi connectivity index (χ3n) is 2.85. The Morgan fingerprint density at radius 3 is 2.94 bits per heavy atom. The van der Waals surface area contributed by atoms with Crippen LogP contribution in [0, 0.1) is 6.92 Å². The van der Waals surface area contributed by atoms with Gasteiger partial charge in [0.2, 0.25) is 5.89 Å². The Hall–Kier alpha value is -1.68. The van der Waals surface area contributed by atoms with Crippen LogP contribution in [0.4, 0.5) is 0 Å². The number of aromatic nitrogens is 2. The molecule has 2 rings (SSSR count). The Labute approximate surface area is 107 Å². The number of aryl methyl sites for hydroxylation is 1. The minimum atomic E-state index is -0.120. The van der Waals surface area contributed by atoms with Crippen LogP contribution in [0.25, 0.3) is 0 Å². The van der Waals surface area contributed by atoms with Gasteiger partial charge in [-0.05, 0) is 18.9 Å². The summed E-state index contributed by atoms with van der Waals surface area (Å²) in [7, 11) is 0. The van der Waals surface area contributed by atoms with Gasteiger partial charge in [-0.15, -0.1) is 0 Å². The van der Waals surface area contributed by atoms with Gasteiger partial charge in [0.15, 0.2) is 5.82 Å². The second-order valence-corrected chi connectivity index (χ2v) is 4.61. The average molecular weight is 245 g/mol. The minimum absolute atomic E-state index is 0.120. The van der Waals surface area contributed by atoms with E-state index in [-0.39, 0.29) is 6.04 Å². The Morgan fingerprint density at radius 1 is 1.39 bits per heavy atom. The third kappa shape index (κ3) is 3.17. The van der Waals surface area contributed by atoms with Crippen molar-refractivity contribution < 1.29 is 4.52 Å². The first-order valence-electron chi connectivity index (χ1n) is 6.32. The Balaban J connectivity index is 2.06. The van der Waals surface area contributed by atoms with Crippen LogP contribution in [0.3, 0.4) is 0 Å². The van der Waals surface area contributed by atoms with Gasteiger partial charge < -0.3 is 10.3 Å². The van der Waals surface area contributed by atoms with E-state index in [4.69, 9.17) is 10.3 Å². The SMILES string of the molecule is CCCC(N)c1noc(Cc2cccc(C)c2)n1. The standard InChI is InChI=1S/C14H19N3O/c1-3-5-12(15)14-16-13(18-17-14)9-11-7-4-6-10(2)8-11/h4,6-8,12H,3,5,9,15H2,1-2H3. The summed E-state index contributed by atoms with van der Waals surface area (Å²) in [6, 6.07) is 8.16. The predicted molar refractivity (Wildman–Crippen MR) is 70.1 cm³/mol. The second kappa shape index (κ2) is 5.78. The van der Waals surface area contributed by atoms with Gasteiger partial charge >= 0.3 is 0 Å². The second-order valence-electron chi connectivity index (χ2n) is 4.61. The van der Waals surface area contributed by atoms with E-state index in [1.54, 1.807) is 0 Å². The van der Waals surface area contributed by atoms with E-state index in [1.165, 1.54) is 11.1 Å².